The third-order valence-corrected chi connectivity index (χ3v) is 4.77. The molecule has 102 valence electrons. The van der Waals surface area contributed by atoms with E-state index in [1.165, 1.54) is 4.90 Å². The van der Waals surface area contributed by atoms with Gasteiger partial charge in [0.15, 0.2) is 0 Å². The Balaban J connectivity index is 2.19. The first-order valence-electron chi connectivity index (χ1n) is 5.89. The molecule has 0 bridgehead atoms. The molecule has 1 atom stereocenters. The molecule has 0 aromatic heterocycles. The van der Waals surface area contributed by atoms with E-state index in [-0.39, 0.29) is 6.04 Å². The van der Waals surface area contributed by atoms with Gasteiger partial charge in [0.2, 0.25) is 0 Å². The predicted octanol–water partition coefficient (Wildman–Crippen LogP) is 5.50. The summed E-state index contributed by atoms with van der Waals surface area (Å²) in [6.45, 7) is 0. The molecule has 2 nitrogen and oxygen atoms in total. The molecule has 5 heteroatoms. The summed E-state index contributed by atoms with van der Waals surface area (Å²) in [4.78, 5) is 1.18. The Bertz CT molecular complexity index is 637. The van der Waals surface area contributed by atoms with Crippen LogP contribution in [-0.2, 0) is 0 Å². The Morgan fingerprint density at radius 1 is 1.25 bits per heavy atom. The fourth-order valence-electron chi connectivity index (χ4n) is 1.74. The van der Waals surface area contributed by atoms with E-state index in [0.29, 0.717) is 5.02 Å². The molecule has 0 spiro atoms. The molecule has 20 heavy (non-hydrogen) atoms. The highest BCUT2D eigenvalue weighted by Crippen LogP contribution is 2.28. The van der Waals surface area contributed by atoms with Crippen molar-refractivity contribution in [3.8, 4) is 6.07 Å². The van der Waals surface area contributed by atoms with E-state index in [1.807, 2.05) is 42.7 Å². The molecular formula is C15H12BrClN2S. The van der Waals surface area contributed by atoms with E-state index >= 15 is 0 Å². The van der Waals surface area contributed by atoms with Gasteiger partial charge in [-0.2, -0.15) is 5.26 Å². The summed E-state index contributed by atoms with van der Waals surface area (Å²) in [7, 11) is 0. The molecule has 1 unspecified atom stereocenters. The maximum absolute atomic E-state index is 9.34. The van der Waals surface area contributed by atoms with Gasteiger partial charge in [0.1, 0.15) is 6.04 Å². The molecule has 0 amide bonds. The predicted molar refractivity (Wildman–Crippen MR) is 89.4 cm³/mol. The van der Waals surface area contributed by atoms with Gasteiger partial charge < -0.3 is 5.32 Å². The van der Waals surface area contributed by atoms with Crippen LogP contribution in [0.25, 0.3) is 0 Å². The minimum absolute atomic E-state index is 0.390. The second-order valence-corrected chi connectivity index (χ2v) is 6.25. The van der Waals surface area contributed by atoms with Gasteiger partial charge in [-0.25, -0.2) is 0 Å². The molecule has 2 aromatic rings. The molecule has 0 aliphatic heterocycles. The van der Waals surface area contributed by atoms with E-state index in [4.69, 9.17) is 11.6 Å². The van der Waals surface area contributed by atoms with Crippen molar-refractivity contribution in [2.75, 3.05) is 11.6 Å². The number of thioether (sulfide) groups is 1. The number of anilines is 1. The first-order valence-corrected chi connectivity index (χ1v) is 8.29. The van der Waals surface area contributed by atoms with Crippen molar-refractivity contribution >= 4 is 45.0 Å². The normalized spacial score (nSPS) is 11.7. The Morgan fingerprint density at radius 2 is 1.95 bits per heavy atom. The average molecular weight is 368 g/mol. The number of hydrogen-bond donors (Lipinski definition) is 1. The highest BCUT2D eigenvalue weighted by molar-refractivity contribution is 9.10. The molecule has 1 N–H and O–H groups in total. The Hall–Kier alpha value is -1.15. The standard InChI is InChI=1S/C15H12BrClN2S/c1-20-12-5-2-10(3-6-12)15(9-18)19-11-4-7-14(17)13(16)8-11/h2-8,15,19H,1H3. The SMILES string of the molecule is CSc1ccc(C(C#N)Nc2ccc(Cl)c(Br)c2)cc1. The molecule has 0 fully saturated rings. The summed E-state index contributed by atoms with van der Waals surface area (Å²) >= 11 is 11.0. The summed E-state index contributed by atoms with van der Waals surface area (Å²) in [6.07, 6.45) is 2.03. The van der Waals surface area contributed by atoms with Gasteiger partial charge in [-0.05, 0) is 58.1 Å². The molecule has 0 saturated heterocycles. The quantitative estimate of drug-likeness (QED) is 0.725. The van der Waals surface area contributed by atoms with Crippen molar-refractivity contribution < 1.29 is 0 Å². The first-order chi connectivity index (χ1) is 9.63. The fourth-order valence-corrected chi connectivity index (χ4v) is 2.64. The minimum atomic E-state index is -0.390. The topological polar surface area (TPSA) is 35.8 Å². The lowest BCUT2D eigenvalue weighted by Crippen LogP contribution is -2.08. The van der Waals surface area contributed by atoms with E-state index in [1.54, 1.807) is 17.8 Å². The zero-order valence-electron chi connectivity index (χ0n) is 10.7. The second kappa shape index (κ2) is 7.03. The third-order valence-electron chi connectivity index (χ3n) is 2.81. The van der Waals surface area contributed by atoms with Crippen LogP contribution in [0, 0.1) is 11.3 Å². The minimum Gasteiger partial charge on any atom is -0.366 e. The zero-order chi connectivity index (χ0) is 14.5. The lowest BCUT2D eigenvalue weighted by atomic mass is 10.1. The molecule has 0 heterocycles. The van der Waals surface area contributed by atoms with Crippen molar-refractivity contribution in [3.63, 3.8) is 0 Å². The number of nitrogens with one attached hydrogen (secondary N) is 1. The van der Waals surface area contributed by atoms with Crippen molar-refractivity contribution in [2.45, 2.75) is 10.9 Å². The van der Waals surface area contributed by atoms with Crippen molar-refractivity contribution in [2.24, 2.45) is 0 Å². The zero-order valence-corrected chi connectivity index (χ0v) is 13.9. The van der Waals surface area contributed by atoms with Gasteiger partial charge in [-0.15, -0.1) is 11.8 Å². The van der Waals surface area contributed by atoms with Crippen LogP contribution in [0.5, 0.6) is 0 Å². The van der Waals surface area contributed by atoms with E-state index in [9.17, 15) is 5.26 Å². The van der Waals surface area contributed by atoms with E-state index < -0.39 is 0 Å². The van der Waals surface area contributed by atoms with Crippen LogP contribution in [0.3, 0.4) is 0 Å². The van der Waals surface area contributed by atoms with Gasteiger partial charge in [0.25, 0.3) is 0 Å². The lowest BCUT2D eigenvalue weighted by Gasteiger charge is -2.14. The van der Waals surface area contributed by atoms with Gasteiger partial charge in [-0.3, -0.25) is 0 Å². The van der Waals surface area contributed by atoms with E-state index in [0.717, 1.165) is 15.7 Å². The largest absolute Gasteiger partial charge is 0.366 e. The third kappa shape index (κ3) is 3.69. The van der Waals surface area contributed by atoms with Crippen molar-refractivity contribution in [3.05, 3.63) is 57.5 Å². The summed E-state index contributed by atoms with van der Waals surface area (Å²) in [6, 6.07) is 15.4. The van der Waals surface area contributed by atoms with Crippen LogP contribution in [0.2, 0.25) is 5.02 Å². The molecule has 0 radical (unpaired) electrons. The number of hydrogen-bond acceptors (Lipinski definition) is 3. The number of halogens is 2. The van der Waals surface area contributed by atoms with Crippen molar-refractivity contribution in [1.29, 1.82) is 5.26 Å². The Labute approximate surface area is 136 Å². The number of benzene rings is 2. The number of rotatable bonds is 4. The second-order valence-electron chi connectivity index (χ2n) is 4.11. The number of nitriles is 1. The first kappa shape index (κ1) is 15.2. The highest BCUT2D eigenvalue weighted by Gasteiger charge is 2.10. The molecule has 0 saturated carbocycles. The monoisotopic (exact) mass is 366 g/mol. The highest BCUT2D eigenvalue weighted by atomic mass is 79.9. The van der Waals surface area contributed by atoms with Gasteiger partial charge in [0, 0.05) is 15.1 Å². The van der Waals surface area contributed by atoms with Crippen LogP contribution < -0.4 is 5.32 Å². The lowest BCUT2D eigenvalue weighted by molar-refractivity contribution is 0.994. The van der Waals surface area contributed by atoms with Crippen LogP contribution in [0.4, 0.5) is 5.69 Å². The average Bonchev–Trinajstić information content (AvgIpc) is 2.48. The fraction of sp³-hybridized carbons (Fsp3) is 0.133. The maximum Gasteiger partial charge on any atom is 0.140 e. The summed E-state index contributed by atoms with van der Waals surface area (Å²) < 4.78 is 0.804. The molecule has 2 aromatic carbocycles. The van der Waals surface area contributed by atoms with Crippen LogP contribution >= 0.6 is 39.3 Å². The summed E-state index contributed by atoms with van der Waals surface area (Å²) in [5.74, 6) is 0. The smallest absolute Gasteiger partial charge is 0.140 e. The van der Waals surface area contributed by atoms with E-state index in [2.05, 4.69) is 27.3 Å². The van der Waals surface area contributed by atoms with Gasteiger partial charge in [-0.1, -0.05) is 23.7 Å². The van der Waals surface area contributed by atoms with Crippen LogP contribution in [0.15, 0.2) is 51.8 Å². The molecule has 2 rings (SSSR count). The maximum atomic E-state index is 9.34. The van der Waals surface area contributed by atoms with Crippen LogP contribution in [-0.4, -0.2) is 6.26 Å². The number of nitrogens with zero attached hydrogens (tertiary/aromatic N) is 1. The Kier molecular flexibility index (Phi) is 5.36. The van der Waals surface area contributed by atoms with Gasteiger partial charge in [0.05, 0.1) is 11.1 Å². The Morgan fingerprint density at radius 3 is 2.50 bits per heavy atom. The summed E-state index contributed by atoms with van der Waals surface area (Å²) in [5, 5.41) is 13.2. The summed E-state index contributed by atoms with van der Waals surface area (Å²) in [5.41, 5.74) is 1.79. The molecular weight excluding hydrogens is 356 g/mol. The van der Waals surface area contributed by atoms with Gasteiger partial charge >= 0.3 is 0 Å². The molecule has 0 aliphatic carbocycles. The molecule has 0 aliphatic rings. The van der Waals surface area contributed by atoms with Crippen molar-refractivity contribution in [1.82, 2.24) is 0 Å². The van der Waals surface area contributed by atoms with Crippen LogP contribution in [0.1, 0.15) is 11.6 Å².